The van der Waals surface area contributed by atoms with Gasteiger partial charge in [-0.2, -0.15) is 0 Å². The van der Waals surface area contributed by atoms with Gasteiger partial charge in [0.2, 0.25) is 0 Å². The Kier molecular flexibility index (Phi) is 2.71. The summed E-state index contributed by atoms with van der Waals surface area (Å²) in [5.41, 5.74) is 3.17. The fraction of sp³-hybridized carbons (Fsp3) is 0.333. The van der Waals surface area contributed by atoms with E-state index in [0.29, 0.717) is 5.56 Å². The Hall–Kier alpha value is -1.62. The lowest BCUT2D eigenvalue weighted by Gasteiger charge is -2.08. The van der Waals surface area contributed by atoms with Gasteiger partial charge in [0, 0.05) is 12.7 Å². The van der Waals surface area contributed by atoms with Gasteiger partial charge in [0.25, 0.3) is 11.5 Å². The summed E-state index contributed by atoms with van der Waals surface area (Å²) < 4.78 is 1.41. The van der Waals surface area contributed by atoms with Gasteiger partial charge in [0.05, 0.1) is 0 Å². The molecular weight excluding hydrogens is 182 g/mol. The molecule has 1 amide bonds. The number of pyridine rings is 1. The molecule has 1 aromatic heterocycles. The number of hydrogen-bond donors (Lipinski definition) is 2. The van der Waals surface area contributed by atoms with Crippen molar-refractivity contribution in [1.82, 2.24) is 9.99 Å². The van der Waals surface area contributed by atoms with Crippen molar-refractivity contribution >= 4 is 5.91 Å². The van der Waals surface area contributed by atoms with Crippen LogP contribution in [0, 0.1) is 13.8 Å². The number of hydrogen-bond acceptors (Lipinski definition) is 3. The Morgan fingerprint density at radius 1 is 1.50 bits per heavy atom. The Balaban J connectivity index is 3.52. The second-order valence-electron chi connectivity index (χ2n) is 3.18. The maximum Gasteiger partial charge on any atom is 0.271 e. The van der Waals surface area contributed by atoms with Gasteiger partial charge in [-0.25, -0.2) is 5.84 Å². The molecule has 1 aromatic rings. The smallest absolute Gasteiger partial charge is 0.271 e. The highest BCUT2D eigenvalue weighted by Crippen LogP contribution is 2.04. The third-order valence-corrected chi connectivity index (χ3v) is 2.23. The molecule has 1 rings (SSSR count). The molecule has 0 aliphatic heterocycles. The highest BCUT2D eigenvalue weighted by molar-refractivity contribution is 5.94. The van der Waals surface area contributed by atoms with Crippen molar-refractivity contribution < 1.29 is 4.79 Å². The first-order valence-electron chi connectivity index (χ1n) is 4.17. The number of hydrazine groups is 1. The molecule has 14 heavy (non-hydrogen) atoms. The zero-order valence-electron chi connectivity index (χ0n) is 8.42. The number of nitrogens with two attached hydrogens (primary N) is 1. The molecule has 0 saturated carbocycles. The van der Waals surface area contributed by atoms with Crippen LogP contribution in [0.4, 0.5) is 0 Å². The summed E-state index contributed by atoms with van der Waals surface area (Å²) in [5, 5.41) is 0. The van der Waals surface area contributed by atoms with E-state index in [9.17, 15) is 9.59 Å². The Bertz CT molecular complexity index is 434. The number of nitrogens with one attached hydrogen (secondary N) is 1. The summed E-state index contributed by atoms with van der Waals surface area (Å²) in [6.07, 6.45) is 0. The van der Waals surface area contributed by atoms with Crippen molar-refractivity contribution in [3.8, 4) is 0 Å². The summed E-state index contributed by atoms with van der Waals surface area (Å²) in [4.78, 5) is 22.9. The number of aryl methyl sites for hydroxylation is 2. The van der Waals surface area contributed by atoms with Crippen LogP contribution in [0.15, 0.2) is 10.9 Å². The molecule has 0 radical (unpaired) electrons. The van der Waals surface area contributed by atoms with E-state index in [0.717, 1.165) is 5.69 Å². The quantitative estimate of drug-likeness (QED) is 0.364. The van der Waals surface area contributed by atoms with Crippen LogP contribution >= 0.6 is 0 Å². The molecule has 0 aliphatic rings. The standard InChI is InChI=1S/C9H13N3O2/c1-5-4-6(2)12(3)9(14)7(5)8(13)11-10/h4H,10H2,1-3H3,(H,11,13). The van der Waals surface area contributed by atoms with Crippen LogP contribution in [0.1, 0.15) is 21.6 Å². The number of amides is 1. The monoisotopic (exact) mass is 195 g/mol. The Labute approximate surface area is 81.5 Å². The summed E-state index contributed by atoms with van der Waals surface area (Å²) in [7, 11) is 1.62. The Morgan fingerprint density at radius 3 is 2.57 bits per heavy atom. The predicted octanol–water partition coefficient (Wildman–Crippen LogP) is -0.394. The second kappa shape index (κ2) is 3.63. The first-order valence-corrected chi connectivity index (χ1v) is 4.17. The SMILES string of the molecule is Cc1cc(C)n(C)c(=O)c1C(=O)NN. The van der Waals surface area contributed by atoms with E-state index in [1.165, 1.54) is 4.57 Å². The molecule has 0 aromatic carbocycles. The molecule has 76 valence electrons. The number of nitrogens with zero attached hydrogens (tertiary/aromatic N) is 1. The van der Waals surface area contributed by atoms with Crippen LogP contribution in [0.5, 0.6) is 0 Å². The zero-order chi connectivity index (χ0) is 10.9. The summed E-state index contributed by atoms with van der Waals surface area (Å²) in [6.45, 7) is 3.51. The molecule has 0 spiro atoms. The number of carbonyl (C=O) groups is 1. The topological polar surface area (TPSA) is 77.1 Å². The fourth-order valence-electron chi connectivity index (χ4n) is 1.33. The van der Waals surface area contributed by atoms with E-state index in [1.807, 2.05) is 5.43 Å². The van der Waals surface area contributed by atoms with Crippen LogP contribution in [0.25, 0.3) is 0 Å². The number of nitrogen functional groups attached to an aromatic ring is 1. The first kappa shape index (κ1) is 10.5. The molecule has 1 heterocycles. The van der Waals surface area contributed by atoms with Crippen LogP contribution in [0.3, 0.4) is 0 Å². The van der Waals surface area contributed by atoms with Gasteiger partial charge >= 0.3 is 0 Å². The number of rotatable bonds is 1. The third kappa shape index (κ3) is 1.54. The van der Waals surface area contributed by atoms with Crippen molar-refractivity contribution in [1.29, 1.82) is 0 Å². The van der Waals surface area contributed by atoms with E-state index < -0.39 is 5.91 Å². The van der Waals surface area contributed by atoms with Gasteiger partial charge in [-0.05, 0) is 25.5 Å². The Morgan fingerprint density at radius 2 is 2.07 bits per heavy atom. The van der Waals surface area contributed by atoms with E-state index >= 15 is 0 Å². The minimum atomic E-state index is -0.553. The highest BCUT2D eigenvalue weighted by atomic mass is 16.2. The molecule has 5 nitrogen and oxygen atoms in total. The van der Waals surface area contributed by atoms with E-state index in [4.69, 9.17) is 5.84 Å². The van der Waals surface area contributed by atoms with Crippen molar-refractivity contribution in [2.75, 3.05) is 0 Å². The lowest BCUT2D eigenvalue weighted by atomic mass is 10.1. The average molecular weight is 195 g/mol. The minimum absolute atomic E-state index is 0.0978. The van der Waals surface area contributed by atoms with Gasteiger partial charge in [-0.3, -0.25) is 15.0 Å². The van der Waals surface area contributed by atoms with Crippen LogP contribution in [-0.4, -0.2) is 10.5 Å². The normalized spacial score (nSPS) is 10.0. The zero-order valence-corrected chi connectivity index (χ0v) is 8.42. The molecule has 0 atom stereocenters. The van der Waals surface area contributed by atoms with Crippen molar-refractivity contribution in [3.05, 3.63) is 33.2 Å². The summed E-state index contributed by atoms with van der Waals surface area (Å²) in [6, 6.07) is 1.77. The number of carbonyl (C=O) groups excluding carboxylic acids is 1. The lowest BCUT2D eigenvalue weighted by molar-refractivity contribution is 0.0951. The van der Waals surface area contributed by atoms with Crippen LogP contribution < -0.4 is 16.8 Å². The molecule has 0 fully saturated rings. The molecular formula is C9H13N3O2. The predicted molar refractivity (Wildman–Crippen MR) is 52.8 cm³/mol. The summed E-state index contributed by atoms with van der Waals surface area (Å²) >= 11 is 0. The highest BCUT2D eigenvalue weighted by Gasteiger charge is 2.14. The lowest BCUT2D eigenvalue weighted by Crippen LogP contribution is -2.37. The van der Waals surface area contributed by atoms with E-state index in [2.05, 4.69) is 0 Å². The van der Waals surface area contributed by atoms with Gasteiger partial charge < -0.3 is 4.57 Å². The van der Waals surface area contributed by atoms with Gasteiger partial charge in [0.15, 0.2) is 0 Å². The van der Waals surface area contributed by atoms with Crippen molar-refractivity contribution in [2.24, 2.45) is 12.9 Å². The van der Waals surface area contributed by atoms with Crippen LogP contribution in [-0.2, 0) is 7.05 Å². The van der Waals surface area contributed by atoms with Gasteiger partial charge in [0.1, 0.15) is 5.56 Å². The van der Waals surface area contributed by atoms with Crippen LogP contribution in [0.2, 0.25) is 0 Å². The molecule has 3 N–H and O–H groups in total. The molecule has 5 heteroatoms. The van der Waals surface area contributed by atoms with E-state index in [-0.39, 0.29) is 11.1 Å². The van der Waals surface area contributed by atoms with Gasteiger partial charge in [-0.15, -0.1) is 0 Å². The van der Waals surface area contributed by atoms with Crippen molar-refractivity contribution in [3.63, 3.8) is 0 Å². The third-order valence-electron chi connectivity index (χ3n) is 2.23. The molecule has 0 bridgehead atoms. The molecule has 0 saturated heterocycles. The maximum atomic E-state index is 11.7. The van der Waals surface area contributed by atoms with E-state index in [1.54, 1.807) is 27.0 Å². The maximum absolute atomic E-state index is 11.7. The molecule has 0 aliphatic carbocycles. The summed E-state index contributed by atoms with van der Waals surface area (Å²) in [5.74, 6) is 4.43. The average Bonchev–Trinajstić information content (AvgIpc) is 2.14. The largest absolute Gasteiger partial charge is 0.315 e. The molecule has 0 unspecified atom stereocenters. The first-order chi connectivity index (χ1) is 6.49. The second-order valence-corrected chi connectivity index (χ2v) is 3.18. The minimum Gasteiger partial charge on any atom is -0.315 e. The fourth-order valence-corrected chi connectivity index (χ4v) is 1.33. The van der Waals surface area contributed by atoms with Crippen molar-refractivity contribution in [2.45, 2.75) is 13.8 Å². The number of aromatic nitrogens is 1. The van der Waals surface area contributed by atoms with Gasteiger partial charge in [-0.1, -0.05) is 0 Å².